The minimum Gasteiger partial charge on any atom is -0.481 e. The van der Waals surface area contributed by atoms with Crippen molar-refractivity contribution in [1.29, 1.82) is 0 Å². The minimum atomic E-state index is -1.41. The SMILES string of the molecule is C[C@H](CCC(=O)O)C1CC[C@H]2[C@@H]3CC[C@@H]4[C@@H](F)[C@H](OC(=O)[C@H](CC(=O)O)Nc5ccc([N+](=O)[O-])c6nonc56)CC[C@]4(C)[C@H]3CC[C@]12C. The van der Waals surface area contributed by atoms with Gasteiger partial charge in [-0.3, -0.25) is 19.7 Å². The number of nitrogens with zero attached hydrogens (tertiary/aromatic N) is 3. The zero-order chi connectivity index (χ0) is 34.5. The van der Waals surface area contributed by atoms with Crippen molar-refractivity contribution in [3.63, 3.8) is 0 Å². The minimum absolute atomic E-state index is 0.0483. The number of carboxylic acids is 2. The maximum Gasteiger partial charge on any atom is 0.329 e. The van der Waals surface area contributed by atoms with Gasteiger partial charge in [0.05, 0.1) is 17.0 Å². The summed E-state index contributed by atoms with van der Waals surface area (Å²) in [4.78, 5) is 47.1. The topological polar surface area (TPSA) is 195 Å². The maximum absolute atomic E-state index is 16.5. The normalized spacial score (nSPS) is 35.5. The van der Waals surface area contributed by atoms with Crippen LogP contribution in [0.15, 0.2) is 16.8 Å². The van der Waals surface area contributed by atoms with Crippen LogP contribution in [0.5, 0.6) is 0 Å². The van der Waals surface area contributed by atoms with E-state index in [1.165, 1.54) is 6.07 Å². The van der Waals surface area contributed by atoms with Crippen LogP contribution < -0.4 is 5.32 Å². The number of alkyl halides is 1. The smallest absolute Gasteiger partial charge is 0.329 e. The Morgan fingerprint density at radius 1 is 1.02 bits per heavy atom. The third-order valence-corrected chi connectivity index (χ3v) is 13.1. The molecular weight excluding hydrogens is 627 g/mol. The molecule has 4 aliphatic rings. The number of non-ortho nitro benzene ring substituents is 1. The summed E-state index contributed by atoms with van der Waals surface area (Å²) in [6, 6.07) is 1.02. The second kappa shape index (κ2) is 12.9. The van der Waals surface area contributed by atoms with Gasteiger partial charge in [0.25, 0.3) is 0 Å². The summed E-state index contributed by atoms with van der Waals surface area (Å²) in [7, 11) is 0. The van der Waals surface area contributed by atoms with Gasteiger partial charge in [0.1, 0.15) is 18.3 Å². The number of hydrogen-bond acceptors (Lipinski definition) is 10. The Kier molecular flexibility index (Phi) is 9.14. The zero-order valence-corrected chi connectivity index (χ0v) is 27.6. The van der Waals surface area contributed by atoms with Crippen molar-refractivity contribution < 1.29 is 43.3 Å². The fraction of sp³-hybridized carbons (Fsp3) is 0.735. The number of carboxylic acid groups (broad SMARTS) is 2. The first kappa shape index (κ1) is 34.0. The molecule has 48 heavy (non-hydrogen) atoms. The lowest BCUT2D eigenvalue weighted by Crippen LogP contribution is -2.58. The van der Waals surface area contributed by atoms with Gasteiger partial charge in [-0.2, -0.15) is 0 Å². The molecule has 1 heterocycles. The number of carbonyl (C=O) groups is 3. The van der Waals surface area contributed by atoms with Gasteiger partial charge in [0, 0.05) is 12.5 Å². The Bertz CT molecular complexity index is 1580. The monoisotopic (exact) mass is 672 g/mol. The second-order valence-corrected chi connectivity index (χ2v) is 15.3. The quantitative estimate of drug-likeness (QED) is 0.135. The third kappa shape index (κ3) is 5.89. The van der Waals surface area contributed by atoms with Crippen LogP contribution in [0, 0.1) is 56.5 Å². The summed E-state index contributed by atoms with van der Waals surface area (Å²) in [6.07, 6.45) is 4.73. The second-order valence-electron chi connectivity index (χ2n) is 15.3. The van der Waals surface area contributed by atoms with Gasteiger partial charge < -0.3 is 20.3 Å². The van der Waals surface area contributed by atoms with E-state index in [1.807, 2.05) is 0 Å². The van der Waals surface area contributed by atoms with E-state index in [2.05, 4.69) is 41.0 Å². The molecule has 0 spiro atoms. The lowest BCUT2D eigenvalue weighted by Gasteiger charge is -2.61. The molecule has 2 aromatic rings. The number of hydrogen-bond donors (Lipinski definition) is 3. The molecular formula is C34H45FN4O9. The Hall–Kier alpha value is -3.84. The molecule has 13 nitrogen and oxygen atoms in total. The number of ether oxygens (including phenoxy) is 1. The fourth-order valence-corrected chi connectivity index (χ4v) is 10.8. The van der Waals surface area contributed by atoms with Crippen molar-refractivity contribution in [2.75, 3.05) is 5.32 Å². The molecule has 4 fully saturated rings. The molecule has 262 valence electrons. The summed E-state index contributed by atoms with van der Waals surface area (Å²) in [5, 5.41) is 40.2. The predicted molar refractivity (Wildman–Crippen MR) is 170 cm³/mol. The van der Waals surface area contributed by atoms with Crippen LogP contribution >= 0.6 is 0 Å². The number of nitrogens with one attached hydrogen (secondary N) is 1. The number of carbonyl (C=O) groups excluding carboxylic acids is 1. The summed E-state index contributed by atoms with van der Waals surface area (Å²) >= 11 is 0. The van der Waals surface area contributed by atoms with Gasteiger partial charge in [-0.15, -0.1) is 0 Å². The average Bonchev–Trinajstić information content (AvgIpc) is 3.66. The molecule has 3 N–H and O–H groups in total. The molecule has 11 atom stereocenters. The van der Waals surface area contributed by atoms with E-state index in [4.69, 9.17) is 4.74 Å². The highest BCUT2D eigenvalue weighted by atomic mass is 19.1. The van der Waals surface area contributed by atoms with Crippen LogP contribution in [0.3, 0.4) is 0 Å². The number of nitro groups is 1. The lowest BCUT2D eigenvalue weighted by atomic mass is 9.44. The first-order chi connectivity index (χ1) is 22.7. The highest BCUT2D eigenvalue weighted by molar-refractivity contribution is 5.95. The third-order valence-electron chi connectivity index (χ3n) is 13.1. The van der Waals surface area contributed by atoms with Crippen LogP contribution in [0.4, 0.5) is 15.8 Å². The van der Waals surface area contributed by atoms with Crippen molar-refractivity contribution in [3.8, 4) is 0 Å². The molecule has 0 aliphatic heterocycles. The Morgan fingerprint density at radius 3 is 2.42 bits per heavy atom. The van der Waals surface area contributed by atoms with Crippen molar-refractivity contribution in [1.82, 2.24) is 10.3 Å². The number of nitro benzene ring substituents is 1. The van der Waals surface area contributed by atoms with E-state index in [1.54, 1.807) is 0 Å². The summed E-state index contributed by atoms with van der Waals surface area (Å²) in [5.41, 5.74) is -0.567. The van der Waals surface area contributed by atoms with Crippen LogP contribution in [-0.4, -0.2) is 61.7 Å². The molecule has 0 radical (unpaired) electrons. The molecule has 0 saturated heterocycles. The van der Waals surface area contributed by atoms with Crippen molar-refractivity contribution >= 4 is 40.3 Å². The highest BCUT2D eigenvalue weighted by Gasteiger charge is 2.62. The number of fused-ring (bicyclic) bond motifs is 6. The molecule has 0 amide bonds. The van der Waals surface area contributed by atoms with E-state index in [9.17, 15) is 34.7 Å². The molecule has 0 bridgehead atoms. The first-order valence-electron chi connectivity index (χ1n) is 17.2. The molecule has 4 saturated carbocycles. The van der Waals surface area contributed by atoms with E-state index in [-0.39, 0.29) is 45.6 Å². The van der Waals surface area contributed by atoms with Gasteiger partial charge in [-0.1, -0.05) is 20.8 Å². The van der Waals surface area contributed by atoms with Gasteiger partial charge in [0.2, 0.25) is 5.52 Å². The van der Waals surface area contributed by atoms with Gasteiger partial charge >= 0.3 is 23.6 Å². The van der Waals surface area contributed by atoms with Crippen molar-refractivity contribution in [3.05, 3.63) is 22.2 Å². The van der Waals surface area contributed by atoms with E-state index in [0.29, 0.717) is 55.3 Å². The number of aromatic nitrogens is 2. The summed E-state index contributed by atoms with van der Waals surface area (Å²) in [6.45, 7) is 6.83. The number of aliphatic carboxylic acids is 2. The highest BCUT2D eigenvalue weighted by Crippen LogP contribution is 2.68. The summed E-state index contributed by atoms with van der Waals surface area (Å²) < 4.78 is 26.9. The molecule has 1 unspecified atom stereocenters. The lowest BCUT2D eigenvalue weighted by molar-refractivity contribution is -0.383. The number of benzene rings is 1. The van der Waals surface area contributed by atoms with Crippen LogP contribution in [0.1, 0.15) is 91.4 Å². The first-order valence-corrected chi connectivity index (χ1v) is 17.2. The molecule has 1 aromatic heterocycles. The van der Waals surface area contributed by atoms with Gasteiger partial charge in [-0.25, -0.2) is 13.8 Å². The van der Waals surface area contributed by atoms with Crippen LogP contribution in [0.2, 0.25) is 0 Å². The predicted octanol–water partition coefficient (Wildman–Crippen LogP) is 6.41. The zero-order valence-electron chi connectivity index (χ0n) is 27.6. The Balaban J connectivity index is 1.14. The standard InChI is InChI=1S/C34H45FN4O9/c1-17(4-11-27(40)41)19-7-8-20-18-5-6-22-29(35)26(13-15-34(22,3)21(18)12-14-33(19,20)2)47-32(44)24(16-28(42)43)36-23-9-10-25(39(45)46)31-30(23)37-48-38-31/h9-10,17-22,24,26,29,36H,4-8,11-16H2,1-3H3,(H,40,41)(H,42,43)/t17-,18+,19?,20+,21+,22-,24+,26-,29-,33-,34-/m1/s1. The van der Waals surface area contributed by atoms with Crippen molar-refractivity contribution in [2.24, 2.45) is 46.3 Å². The average molecular weight is 673 g/mol. The van der Waals surface area contributed by atoms with Gasteiger partial charge in [-0.05, 0) is 121 Å². The van der Waals surface area contributed by atoms with E-state index < -0.39 is 47.6 Å². The number of halogens is 1. The molecule has 14 heteroatoms. The fourth-order valence-electron chi connectivity index (χ4n) is 10.8. The largest absolute Gasteiger partial charge is 0.481 e. The number of esters is 1. The Morgan fingerprint density at radius 2 is 1.71 bits per heavy atom. The Labute approximate surface area is 277 Å². The van der Waals surface area contributed by atoms with Gasteiger partial charge in [0.15, 0.2) is 5.52 Å². The summed E-state index contributed by atoms with van der Waals surface area (Å²) in [5.74, 6) is -1.03. The molecule has 4 aliphatic carbocycles. The van der Waals surface area contributed by atoms with Crippen LogP contribution in [-0.2, 0) is 19.1 Å². The van der Waals surface area contributed by atoms with E-state index >= 15 is 4.39 Å². The molecule has 1 aromatic carbocycles. The number of anilines is 1. The maximum atomic E-state index is 16.5. The number of rotatable bonds is 11. The van der Waals surface area contributed by atoms with E-state index in [0.717, 1.165) is 38.2 Å². The molecule has 6 rings (SSSR count). The van der Waals surface area contributed by atoms with Crippen LogP contribution in [0.25, 0.3) is 11.0 Å². The van der Waals surface area contributed by atoms with Crippen molar-refractivity contribution in [2.45, 2.75) is 110 Å².